The smallest absolute Gasteiger partial charge is 0.0351 e. The highest BCUT2D eigenvalue weighted by Gasteiger charge is 2.45. The molecule has 2 heterocycles. The summed E-state index contributed by atoms with van der Waals surface area (Å²) >= 11 is 0. The average molecular weight is 325 g/mol. The largest absolute Gasteiger partial charge is 0.304 e. The molecule has 1 unspecified atom stereocenters. The van der Waals surface area contributed by atoms with Crippen molar-refractivity contribution in [1.82, 2.24) is 19.6 Å². The van der Waals surface area contributed by atoms with Crippen LogP contribution in [-0.4, -0.2) is 97.6 Å². The van der Waals surface area contributed by atoms with E-state index < -0.39 is 0 Å². The summed E-state index contributed by atoms with van der Waals surface area (Å²) in [6, 6.07) is 0. The maximum absolute atomic E-state index is 2.81. The van der Waals surface area contributed by atoms with Gasteiger partial charge in [-0.1, -0.05) is 27.7 Å². The van der Waals surface area contributed by atoms with Crippen LogP contribution in [0.4, 0.5) is 0 Å². The summed E-state index contributed by atoms with van der Waals surface area (Å²) in [6.45, 7) is 21.7. The molecule has 2 aliphatic heterocycles. The lowest BCUT2D eigenvalue weighted by molar-refractivity contribution is -0.0585. The summed E-state index contributed by atoms with van der Waals surface area (Å²) in [5.74, 6) is 0.786. The fraction of sp³-hybridized carbons (Fsp3) is 1.00. The zero-order valence-electron chi connectivity index (χ0n) is 16.4. The maximum atomic E-state index is 2.81. The van der Waals surface area contributed by atoms with E-state index in [9.17, 15) is 0 Å². The first-order valence-corrected chi connectivity index (χ1v) is 9.87. The first-order chi connectivity index (χ1) is 11.0. The van der Waals surface area contributed by atoms with Gasteiger partial charge in [-0.3, -0.25) is 4.90 Å². The van der Waals surface area contributed by atoms with Crippen molar-refractivity contribution in [3.05, 3.63) is 0 Å². The van der Waals surface area contributed by atoms with Gasteiger partial charge in [-0.2, -0.15) is 0 Å². The number of fused-ring (bicyclic) bond motifs is 1. The fourth-order valence-electron chi connectivity index (χ4n) is 4.36. The molecular weight excluding hydrogens is 284 g/mol. The molecule has 136 valence electrons. The molecule has 4 heteroatoms. The van der Waals surface area contributed by atoms with Crippen molar-refractivity contribution in [3.63, 3.8) is 0 Å². The maximum Gasteiger partial charge on any atom is 0.0351 e. The van der Waals surface area contributed by atoms with Gasteiger partial charge in [0.15, 0.2) is 0 Å². The zero-order valence-corrected chi connectivity index (χ0v) is 16.4. The number of rotatable bonds is 4. The van der Waals surface area contributed by atoms with E-state index in [1.165, 1.54) is 78.3 Å². The van der Waals surface area contributed by atoms with Crippen molar-refractivity contribution >= 4 is 0 Å². The van der Waals surface area contributed by atoms with Gasteiger partial charge in [-0.15, -0.1) is 0 Å². The summed E-state index contributed by atoms with van der Waals surface area (Å²) in [5.41, 5.74) is 0.446. The van der Waals surface area contributed by atoms with E-state index in [0.29, 0.717) is 5.54 Å². The Morgan fingerprint density at radius 1 is 0.826 bits per heavy atom. The molecule has 0 saturated carbocycles. The molecule has 0 N–H and O–H groups in total. The van der Waals surface area contributed by atoms with Gasteiger partial charge >= 0.3 is 0 Å². The van der Waals surface area contributed by atoms with Gasteiger partial charge in [-0.25, -0.2) is 0 Å². The van der Waals surface area contributed by atoms with Crippen molar-refractivity contribution in [2.45, 2.75) is 46.1 Å². The summed E-state index contributed by atoms with van der Waals surface area (Å²) in [4.78, 5) is 10.7. The fourth-order valence-corrected chi connectivity index (χ4v) is 4.36. The average Bonchev–Trinajstić information content (AvgIpc) is 2.51. The molecular formula is C19H40N4. The van der Waals surface area contributed by atoms with Crippen LogP contribution in [0.5, 0.6) is 0 Å². The van der Waals surface area contributed by atoms with E-state index in [2.05, 4.69) is 54.3 Å². The van der Waals surface area contributed by atoms with E-state index in [-0.39, 0.29) is 0 Å². The molecule has 2 saturated heterocycles. The van der Waals surface area contributed by atoms with Crippen LogP contribution < -0.4 is 0 Å². The Morgan fingerprint density at radius 3 is 1.96 bits per heavy atom. The van der Waals surface area contributed by atoms with Crippen molar-refractivity contribution in [2.24, 2.45) is 5.92 Å². The topological polar surface area (TPSA) is 13.0 Å². The molecule has 23 heavy (non-hydrogen) atoms. The number of hydrogen-bond acceptors (Lipinski definition) is 4. The normalized spacial score (nSPS) is 30.5. The zero-order chi connectivity index (χ0) is 16.9. The van der Waals surface area contributed by atoms with E-state index in [0.717, 1.165) is 5.92 Å². The Hall–Kier alpha value is -0.160. The number of nitrogens with zero attached hydrogens (tertiary/aromatic N) is 4. The van der Waals surface area contributed by atoms with Crippen LogP contribution >= 0.6 is 0 Å². The second kappa shape index (κ2) is 8.80. The van der Waals surface area contributed by atoms with Gasteiger partial charge in [0.05, 0.1) is 0 Å². The standard InChI is InChI=1S/C19H40N4/c1-6-21-12-10-20(5)11-13-22(7-2)17-19(16-18(3)4)8-9-23(19)15-14-21/h18H,6-17H2,1-5H3. The molecule has 0 amide bonds. The molecule has 0 aromatic carbocycles. The molecule has 0 aromatic rings. The van der Waals surface area contributed by atoms with Gasteiger partial charge in [0, 0.05) is 57.9 Å². The van der Waals surface area contributed by atoms with Crippen LogP contribution in [0, 0.1) is 5.92 Å². The predicted octanol–water partition coefficient (Wildman–Crippen LogP) is 2.07. The Labute approximate surface area is 144 Å². The third kappa shape index (κ3) is 5.15. The van der Waals surface area contributed by atoms with Crippen molar-refractivity contribution in [1.29, 1.82) is 0 Å². The second-order valence-corrected chi connectivity index (χ2v) is 8.17. The summed E-state index contributed by atoms with van der Waals surface area (Å²) < 4.78 is 0. The van der Waals surface area contributed by atoms with E-state index >= 15 is 0 Å². The molecule has 1 atom stereocenters. The molecule has 2 rings (SSSR count). The highest BCUT2D eigenvalue weighted by atomic mass is 15.3. The van der Waals surface area contributed by atoms with Gasteiger partial charge in [0.1, 0.15) is 0 Å². The molecule has 0 spiro atoms. The lowest BCUT2D eigenvalue weighted by Gasteiger charge is -2.56. The Morgan fingerprint density at radius 2 is 1.43 bits per heavy atom. The van der Waals surface area contributed by atoms with E-state index in [1.807, 2.05) is 0 Å². The van der Waals surface area contributed by atoms with Crippen molar-refractivity contribution < 1.29 is 0 Å². The quantitative estimate of drug-likeness (QED) is 0.785. The van der Waals surface area contributed by atoms with Crippen LogP contribution in [0.15, 0.2) is 0 Å². The van der Waals surface area contributed by atoms with Gasteiger partial charge in [-0.05, 0) is 38.9 Å². The minimum atomic E-state index is 0.446. The Balaban J connectivity index is 2.10. The summed E-state index contributed by atoms with van der Waals surface area (Å²) in [6.07, 6.45) is 2.75. The second-order valence-electron chi connectivity index (χ2n) is 8.17. The lowest BCUT2D eigenvalue weighted by atomic mass is 9.77. The third-order valence-electron chi connectivity index (χ3n) is 6.00. The molecule has 2 aliphatic rings. The van der Waals surface area contributed by atoms with Crippen LogP contribution in [0.25, 0.3) is 0 Å². The van der Waals surface area contributed by atoms with Crippen LogP contribution in [-0.2, 0) is 0 Å². The molecule has 0 radical (unpaired) electrons. The summed E-state index contributed by atoms with van der Waals surface area (Å²) in [7, 11) is 2.28. The van der Waals surface area contributed by atoms with Gasteiger partial charge in [0.25, 0.3) is 0 Å². The minimum absolute atomic E-state index is 0.446. The molecule has 0 aromatic heterocycles. The minimum Gasteiger partial charge on any atom is -0.304 e. The summed E-state index contributed by atoms with van der Waals surface area (Å²) in [5, 5.41) is 0. The van der Waals surface area contributed by atoms with E-state index in [1.54, 1.807) is 0 Å². The SMILES string of the molecule is CCN1CCN(C)CCN(CC)CC2(CC(C)C)CCN2CC1. The first kappa shape index (κ1) is 19.2. The molecule has 4 nitrogen and oxygen atoms in total. The molecule has 0 aliphatic carbocycles. The van der Waals surface area contributed by atoms with Crippen LogP contribution in [0.1, 0.15) is 40.5 Å². The van der Waals surface area contributed by atoms with Crippen LogP contribution in [0.2, 0.25) is 0 Å². The lowest BCUT2D eigenvalue weighted by Crippen LogP contribution is -2.66. The van der Waals surface area contributed by atoms with Crippen LogP contribution in [0.3, 0.4) is 0 Å². The highest BCUT2D eigenvalue weighted by molar-refractivity contribution is 5.02. The van der Waals surface area contributed by atoms with Gasteiger partial charge in [0.2, 0.25) is 0 Å². The molecule has 2 fully saturated rings. The number of likely N-dealkylation sites (N-methyl/N-ethyl adjacent to an activating group) is 3. The predicted molar refractivity (Wildman–Crippen MR) is 100 cm³/mol. The monoisotopic (exact) mass is 324 g/mol. The van der Waals surface area contributed by atoms with Gasteiger partial charge < -0.3 is 14.7 Å². The Bertz CT molecular complexity index is 346. The Kier molecular flexibility index (Phi) is 7.33. The highest BCUT2D eigenvalue weighted by Crippen LogP contribution is 2.37. The third-order valence-corrected chi connectivity index (χ3v) is 6.00. The molecule has 0 bridgehead atoms. The first-order valence-electron chi connectivity index (χ1n) is 9.87. The van der Waals surface area contributed by atoms with Crippen molar-refractivity contribution in [3.8, 4) is 0 Å². The van der Waals surface area contributed by atoms with E-state index in [4.69, 9.17) is 0 Å². The van der Waals surface area contributed by atoms with Crippen molar-refractivity contribution in [2.75, 3.05) is 72.5 Å². The number of hydrogen-bond donors (Lipinski definition) is 0.